The lowest BCUT2D eigenvalue weighted by molar-refractivity contribution is -0.179. The summed E-state index contributed by atoms with van der Waals surface area (Å²) in [5.74, 6) is -5.53. The second-order valence-electron chi connectivity index (χ2n) is 5.35. The van der Waals surface area contributed by atoms with Crippen molar-refractivity contribution in [3.05, 3.63) is 39.9 Å². The number of ketones is 1. The Bertz CT molecular complexity index is 819. The molecule has 1 aromatic rings. The molecule has 0 bridgehead atoms. The third kappa shape index (κ3) is 5.69. The molecule has 0 heterocycles. The standard InChI is InChI=1S/C17H16Cl2O9/c1-3-7(2)13(21)8-4-5-9(12(19)11(8)18)27-6-10(20)28-15(17(25)26)14(22)16(23)24/h4-5,14-15,22H,2-3,6H2,1H3,(H,23,24)(H,25,26). The van der Waals surface area contributed by atoms with Gasteiger partial charge in [-0.2, -0.15) is 0 Å². The number of carbonyl (C=O) groups excluding carboxylic acids is 2. The number of hydrogen-bond donors (Lipinski definition) is 3. The molecule has 0 saturated carbocycles. The third-order valence-electron chi connectivity index (χ3n) is 3.43. The number of aliphatic carboxylic acids is 2. The van der Waals surface area contributed by atoms with Crippen LogP contribution in [0.5, 0.6) is 5.75 Å². The largest absolute Gasteiger partial charge is 0.480 e. The lowest BCUT2D eigenvalue weighted by atomic mass is 10.0. The van der Waals surface area contributed by atoms with Gasteiger partial charge in [0.05, 0.1) is 5.02 Å². The molecule has 0 saturated heterocycles. The van der Waals surface area contributed by atoms with Gasteiger partial charge in [-0.1, -0.05) is 36.7 Å². The fourth-order valence-electron chi connectivity index (χ4n) is 1.86. The molecule has 0 aliphatic heterocycles. The number of allylic oxidation sites excluding steroid dienone is 1. The molecule has 9 nitrogen and oxygen atoms in total. The summed E-state index contributed by atoms with van der Waals surface area (Å²) in [5, 5.41) is 26.4. The lowest BCUT2D eigenvalue weighted by Gasteiger charge is -2.17. The lowest BCUT2D eigenvalue weighted by Crippen LogP contribution is -2.43. The van der Waals surface area contributed by atoms with Crippen molar-refractivity contribution in [1.29, 1.82) is 0 Å². The number of esters is 1. The summed E-state index contributed by atoms with van der Waals surface area (Å²) >= 11 is 12.1. The number of aliphatic hydroxyl groups is 1. The van der Waals surface area contributed by atoms with E-state index < -0.39 is 42.5 Å². The van der Waals surface area contributed by atoms with E-state index in [1.54, 1.807) is 6.92 Å². The minimum absolute atomic E-state index is 0.0870. The van der Waals surface area contributed by atoms with Crippen LogP contribution in [0.3, 0.4) is 0 Å². The number of hydrogen-bond acceptors (Lipinski definition) is 7. The summed E-state index contributed by atoms with van der Waals surface area (Å²) in [6.07, 6.45) is -4.38. The van der Waals surface area contributed by atoms with Gasteiger partial charge in [-0.15, -0.1) is 0 Å². The first-order chi connectivity index (χ1) is 13.0. The van der Waals surface area contributed by atoms with Crippen molar-refractivity contribution >= 4 is 46.9 Å². The molecular formula is C17H16Cl2O9. The highest BCUT2D eigenvalue weighted by Gasteiger charge is 2.35. The predicted molar refractivity (Wildman–Crippen MR) is 96.9 cm³/mol. The van der Waals surface area contributed by atoms with Gasteiger partial charge >= 0.3 is 17.9 Å². The molecule has 0 fully saturated rings. The maximum Gasteiger partial charge on any atom is 0.348 e. The zero-order valence-corrected chi connectivity index (χ0v) is 16.0. The van der Waals surface area contributed by atoms with Crippen LogP contribution in [0.1, 0.15) is 23.7 Å². The van der Waals surface area contributed by atoms with E-state index >= 15 is 0 Å². The van der Waals surface area contributed by atoms with Crippen LogP contribution in [-0.2, 0) is 19.1 Å². The van der Waals surface area contributed by atoms with Crippen molar-refractivity contribution < 1.29 is 44.0 Å². The quantitative estimate of drug-likeness (QED) is 0.285. The molecule has 28 heavy (non-hydrogen) atoms. The molecule has 0 radical (unpaired) electrons. The van der Waals surface area contributed by atoms with Crippen molar-refractivity contribution in [3.8, 4) is 5.75 Å². The van der Waals surface area contributed by atoms with E-state index in [4.69, 9.17) is 38.2 Å². The predicted octanol–water partition coefficient (Wildman–Crippen LogP) is 1.96. The van der Waals surface area contributed by atoms with Crippen molar-refractivity contribution in [3.63, 3.8) is 0 Å². The summed E-state index contributed by atoms with van der Waals surface area (Å²) in [5.41, 5.74) is 0.399. The first kappa shape index (κ1) is 23.4. The average Bonchev–Trinajstić information content (AvgIpc) is 2.65. The minimum atomic E-state index is -2.46. The molecule has 0 aliphatic rings. The van der Waals surface area contributed by atoms with E-state index in [1.807, 2.05) is 0 Å². The second-order valence-corrected chi connectivity index (χ2v) is 6.10. The Morgan fingerprint density at radius 2 is 1.71 bits per heavy atom. The maximum atomic E-state index is 12.1. The second kappa shape index (κ2) is 10.1. The Hall–Kier alpha value is -2.62. The fraction of sp³-hybridized carbons (Fsp3) is 0.294. The molecule has 2 unspecified atom stereocenters. The highest BCUT2D eigenvalue weighted by Crippen LogP contribution is 2.35. The number of carbonyl (C=O) groups is 4. The van der Waals surface area contributed by atoms with E-state index in [1.165, 1.54) is 12.1 Å². The smallest absolute Gasteiger partial charge is 0.348 e. The Kier molecular flexibility index (Phi) is 8.42. The van der Waals surface area contributed by atoms with Crippen LogP contribution in [0.15, 0.2) is 24.3 Å². The van der Waals surface area contributed by atoms with Gasteiger partial charge in [0.25, 0.3) is 0 Å². The molecule has 3 N–H and O–H groups in total. The number of ether oxygens (including phenoxy) is 2. The zero-order valence-electron chi connectivity index (χ0n) is 14.5. The van der Waals surface area contributed by atoms with E-state index in [2.05, 4.69) is 11.3 Å². The highest BCUT2D eigenvalue weighted by atomic mass is 35.5. The van der Waals surface area contributed by atoms with Crippen LogP contribution in [-0.4, -0.2) is 57.8 Å². The van der Waals surface area contributed by atoms with Crippen molar-refractivity contribution in [2.45, 2.75) is 25.6 Å². The van der Waals surface area contributed by atoms with Gasteiger partial charge in [0.1, 0.15) is 10.8 Å². The van der Waals surface area contributed by atoms with E-state index in [9.17, 15) is 24.3 Å². The van der Waals surface area contributed by atoms with Gasteiger partial charge in [-0.05, 0) is 24.1 Å². The molecule has 0 amide bonds. The van der Waals surface area contributed by atoms with Crippen molar-refractivity contribution in [1.82, 2.24) is 0 Å². The van der Waals surface area contributed by atoms with E-state index in [0.29, 0.717) is 12.0 Å². The Morgan fingerprint density at radius 1 is 1.11 bits per heavy atom. The SMILES string of the molecule is C=C(CC)C(=O)c1ccc(OCC(=O)OC(C(=O)O)C(O)C(=O)O)c(Cl)c1Cl. The summed E-state index contributed by atoms with van der Waals surface area (Å²) < 4.78 is 9.47. The summed E-state index contributed by atoms with van der Waals surface area (Å²) in [6.45, 7) is 4.50. The topological polar surface area (TPSA) is 147 Å². The fourth-order valence-corrected chi connectivity index (χ4v) is 2.32. The Labute approximate surface area is 169 Å². The number of carboxylic acid groups (broad SMARTS) is 2. The van der Waals surface area contributed by atoms with Crippen molar-refractivity contribution in [2.75, 3.05) is 6.61 Å². The van der Waals surface area contributed by atoms with Crippen LogP contribution in [0.4, 0.5) is 0 Å². The molecule has 2 atom stereocenters. The first-order valence-corrected chi connectivity index (χ1v) is 8.43. The zero-order chi connectivity index (χ0) is 21.6. The molecular weight excluding hydrogens is 419 g/mol. The maximum absolute atomic E-state index is 12.1. The van der Waals surface area contributed by atoms with Gasteiger partial charge < -0.3 is 24.8 Å². The van der Waals surface area contributed by atoms with Crippen LogP contribution < -0.4 is 4.74 Å². The third-order valence-corrected chi connectivity index (χ3v) is 4.29. The Balaban J connectivity index is 2.87. The Morgan fingerprint density at radius 3 is 2.21 bits per heavy atom. The van der Waals surface area contributed by atoms with Gasteiger partial charge in [-0.25, -0.2) is 14.4 Å². The number of carboxylic acids is 2. The molecule has 0 aromatic heterocycles. The van der Waals surface area contributed by atoms with Crippen LogP contribution >= 0.6 is 23.2 Å². The van der Waals surface area contributed by atoms with Gasteiger partial charge in [-0.3, -0.25) is 4.79 Å². The van der Waals surface area contributed by atoms with Crippen LogP contribution in [0, 0.1) is 0 Å². The normalized spacial score (nSPS) is 12.6. The highest BCUT2D eigenvalue weighted by molar-refractivity contribution is 6.45. The number of benzene rings is 1. The summed E-state index contributed by atoms with van der Waals surface area (Å²) in [4.78, 5) is 45.4. The van der Waals surface area contributed by atoms with Crippen LogP contribution in [0.25, 0.3) is 0 Å². The minimum Gasteiger partial charge on any atom is -0.480 e. The van der Waals surface area contributed by atoms with Gasteiger partial charge in [0, 0.05) is 5.56 Å². The summed E-state index contributed by atoms with van der Waals surface area (Å²) in [7, 11) is 0. The number of aliphatic hydroxyl groups excluding tert-OH is 1. The van der Waals surface area contributed by atoms with Crippen molar-refractivity contribution in [2.24, 2.45) is 0 Å². The van der Waals surface area contributed by atoms with Gasteiger partial charge in [0.2, 0.25) is 6.10 Å². The molecule has 11 heteroatoms. The van der Waals surface area contributed by atoms with E-state index in [-0.39, 0.29) is 21.4 Å². The number of Topliss-reactive ketones (excluding diaryl/α,β-unsaturated/α-hetero) is 1. The van der Waals surface area contributed by atoms with Gasteiger partial charge in [0.15, 0.2) is 18.5 Å². The number of rotatable bonds is 10. The average molecular weight is 435 g/mol. The summed E-state index contributed by atoms with van der Waals surface area (Å²) in [6, 6.07) is 2.57. The monoisotopic (exact) mass is 434 g/mol. The molecule has 1 aromatic carbocycles. The molecule has 0 aliphatic carbocycles. The number of halogens is 2. The molecule has 152 valence electrons. The van der Waals surface area contributed by atoms with E-state index in [0.717, 1.165) is 0 Å². The first-order valence-electron chi connectivity index (χ1n) is 7.67. The van der Waals surface area contributed by atoms with Crippen LogP contribution in [0.2, 0.25) is 10.0 Å². The molecule has 1 rings (SSSR count). The molecule has 0 spiro atoms.